The molecular weight excluding hydrogens is 232 g/mol. The van der Waals surface area contributed by atoms with E-state index in [0.717, 1.165) is 17.9 Å². The summed E-state index contributed by atoms with van der Waals surface area (Å²) in [5.41, 5.74) is 0.747. The molecule has 2 heteroatoms. The molecule has 19 heavy (non-hydrogen) atoms. The maximum absolute atomic E-state index is 3.69. The van der Waals surface area contributed by atoms with Crippen LogP contribution < -0.4 is 5.32 Å². The molecule has 1 aliphatic heterocycles. The largest absolute Gasteiger partial charge is 0.312 e. The van der Waals surface area contributed by atoms with E-state index in [-0.39, 0.29) is 5.54 Å². The van der Waals surface area contributed by atoms with Crippen molar-refractivity contribution in [3.05, 3.63) is 0 Å². The summed E-state index contributed by atoms with van der Waals surface area (Å²) >= 11 is 0. The van der Waals surface area contributed by atoms with Gasteiger partial charge in [0.2, 0.25) is 0 Å². The van der Waals surface area contributed by atoms with E-state index in [2.05, 4.69) is 51.8 Å². The Balaban J connectivity index is 1.80. The molecule has 2 nitrogen and oxygen atoms in total. The van der Waals surface area contributed by atoms with Crippen molar-refractivity contribution in [3.63, 3.8) is 0 Å². The SMILES string of the molecule is CC(C)(C)NCC1CCC1N1CCC(C(C)(C)C)C1. The molecule has 0 radical (unpaired) electrons. The van der Waals surface area contributed by atoms with Gasteiger partial charge in [0.05, 0.1) is 0 Å². The monoisotopic (exact) mass is 266 g/mol. The molecule has 1 saturated heterocycles. The van der Waals surface area contributed by atoms with Crippen LogP contribution in [0.2, 0.25) is 0 Å². The van der Waals surface area contributed by atoms with E-state index in [1.165, 1.54) is 38.9 Å². The Bertz CT molecular complexity index is 297. The highest BCUT2D eigenvalue weighted by atomic mass is 15.2. The fourth-order valence-electron chi connectivity index (χ4n) is 3.50. The van der Waals surface area contributed by atoms with Crippen LogP contribution in [0.15, 0.2) is 0 Å². The summed E-state index contributed by atoms with van der Waals surface area (Å²) in [5, 5.41) is 3.69. The first-order valence-electron chi connectivity index (χ1n) is 8.16. The highest BCUT2D eigenvalue weighted by Gasteiger charge is 2.41. The lowest BCUT2D eigenvalue weighted by atomic mass is 9.77. The van der Waals surface area contributed by atoms with Gasteiger partial charge in [-0.3, -0.25) is 4.90 Å². The Morgan fingerprint density at radius 2 is 1.68 bits per heavy atom. The minimum Gasteiger partial charge on any atom is -0.312 e. The van der Waals surface area contributed by atoms with E-state index < -0.39 is 0 Å². The summed E-state index contributed by atoms with van der Waals surface area (Å²) in [4.78, 5) is 2.79. The van der Waals surface area contributed by atoms with Crippen LogP contribution in [0.3, 0.4) is 0 Å². The first-order valence-corrected chi connectivity index (χ1v) is 8.16. The summed E-state index contributed by atoms with van der Waals surface area (Å²) in [7, 11) is 0. The van der Waals surface area contributed by atoms with Gasteiger partial charge in [-0.25, -0.2) is 0 Å². The Hall–Kier alpha value is -0.0800. The summed E-state index contributed by atoms with van der Waals surface area (Å²) in [6.07, 6.45) is 4.25. The predicted molar refractivity (Wildman–Crippen MR) is 83.4 cm³/mol. The Kier molecular flexibility index (Phi) is 4.32. The lowest BCUT2D eigenvalue weighted by molar-refractivity contribution is 0.0688. The van der Waals surface area contributed by atoms with Crippen molar-refractivity contribution in [3.8, 4) is 0 Å². The third kappa shape index (κ3) is 3.95. The first-order chi connectivity index (χ1) is 8.67. The zero-order chi connectivity index (χ0) is 14.3. The van der Waals surface area contributed by atoms with Gasteiger partial charge in [-0.2, -0.15) is 0 Å². The average molecular weight is 266 g/mol. The van der Waals surface area contributed by atoms with Gasteiger partial charge >= 0.3 is 0 Å². The van der Waals surface area contributed by atoms with E-state index >= 15 is 0 Å². The van der Waals surface area contributed by atoms with Gasteiger partial charge in [-0.15, -0.1) is 0 Å². The fourth-order valence-corrected chi connectivity index (χ4v) is 3.50. The zero-order valence-electron chi connectivity index (χ0n) is 13.9. The highest BCUT2D eigenvalue weighted by Crippen LogP contribution is 2.39. The van der Waals surface area contributed by atoms with Gasteiger partial charge in [-0.1, -0.05) is 20.8 Å². The standard InChI is InChI=1S/C17H34N2/c1-16(2,3)14-9-10-19(12-14)15-8-7-13(15)11-18-17(4,5)6/h13-15,18H,7-12H2,1-6H3. The van der Waals surface area contributed by atoms with Crippen LogP contribution in [0.1, 0.15) is 60.8 Å². The van der Waals surface area contributed by atoms with Crippen molar-refractivity contribution < 1.29 is 0 Å². The molecule has 1 N–H and O–H groups in total. The predicted octanol–water partition coefficient (Wildman–Crippen LogP) is 3.52. The normalized spacial score (nSPS) is 33.5. The van der Waals surface area contributed by atoms with Crippen LogP contribution in [0.4, 0.5) is 0 Å². The molecule has 3 unspecified atom stereocenters. The molecule has 2 fully saturated rings. The van der Waals surface area contributed by atoms with Gasteiger partial charge in [-0.05, 0) is 70.4 Å². The second kappa shape index (κ2) is 5.37. The van der Waals surface area contributed by atoms with Crippen molar-refractivity contribution >= 4 is 0 Å². The number of hydrogen-bond donors (Lipinski definition) is 1. The molecule has 0 aromatic carbocycles. The molecule has 1 heterocycles. The lowest BCUT2D eigenvalue weighted by Gasteiger charge is -2.44. The third-order valence-electron chi connectivity index (χ3n) is 5.19. The fraction of sp³-hybridized carbons (Fsp3) is 1.00. The number of nitrogens with one attached hydrogen (secondary N) is 1. The highest BCUT2D eigenvalue weighted by molar-refractivity contribution is 4.95. The van der Waals surface area contributed by atoms with E-state index in [0.29, 0.717) is 5.41 Å². The van der Waals surface area contributed by atoms with Gasteiger partial charge in [0.25, 0.3) is 0 Å². The summed E-state index contributed by atoms with van der Waals surface area (Å²) in [6.45, 7) is 17.9. The molecule has 0 aromatic rings. The van der Waals surface area contributed by atoms with E-state index in [4.69, 9.17) is 0 Å². The summed E-state index contributed by atoms with van der Waals surface area (Å²) in [6, 6.07) is 0.863. The van der Waals surface area contributed by atoms with Gasteiger partial charge in [0.1, 0.15) is 0 Å². The summed E-state index contributed by atoms with van der Waals surface area (Å²) < 4.78 is 0. The van der Waals surface area contributed by atoms with Crippen LogP contribution in [0, 0.1) is 17.3 Å². The van der Waals surface area contributed by atoms with Crippen molar-refractivity contribution in [1.82, 2.24) is 10.2 Å². The van der Waals surface area contributed by atoms with E-state index in [9.17, 15) is 0 Å². The quantitative estimate of drug-likeness (QED) is 0.841. The molecule has 3 atom stereocenters. The topological polar surface area (TPSA) is 15.3 Å². The van der Waals surface area contributed by atoms with Gasteiger partial charge in [0, 0.05) is 18.1 Å². The zero-order valence-corrected chi connectivity index (χ0v) is 13.9. The molecule has 2 rings (SSSR count). The number of nitrogens with zero attached hydrogens (tertiary/aromatic N) is 1. The number of rotatable bonds is 3. The van der Waals surface area contributed by atoms with Crippen LogP contribution >= 0.6 is 0 Å². The van der Waals surface area contributed by atoms with E-state index in [1.54, 1.807) is 0 Å². The minimum absolute atomic E-state index is 0.263. The molecule has 0 aromatic heterocycles. The smallest absolute Gasteiger partial charge is 0.0136 e. The Labute approximate surface area is 120 Å². The average Bonchev–Trinajstić information content (AvgIpc) is 2.62. The van der Waals surface area contributed by atoms with Gasteiger partial charge < -0.3 is 5.32 Å². The van der Waals surface area contributed by atoms with Crippen LogP contribution in [-0.4, -0.2) is 36.1 Å². The minimum atomic E-state index is 0.263. The molecule has 112 valence electrons. The second-order valence-electron chi connectivity index (χ2n) is 8.88. The molecule has 2 aliphatic rings. The number of likely N-dealkylation sites (tertiary alicyclic amines) is 1. The van der Waals surface area contributed by atoms with Crippen molar-refractivity contribution in [2.24, 2.45) is 17.3 Å². The van der Waals surface area contributed by atoms with Crippen LogP contribution in [-0.2, 0) is 0 Å². The van der Waals surface area contributed by atoms with Crippen molar-refractivity contribution in [2.45, 2.75) is 72.4 Å². The van der Waals surface area contributed by atoms with Crippen LogP contribution in [0.5, 0.6) is 0 Å². The van der Waals surface area contributed by atoms with Crippen LogP contribution in [0.25, 0.3) is 0 Å². The second-order valence-corrected chi connectivity index (χ2v) is 8.88. The molecule has 0 bridgehead atoms. The first kappa shape index (κ1) is 15.3. The van der Waals surface area contributed by atoms with Crippen molar-refractivity contribution in [2.75, 3.05) is 19.6 Å². The molecule has 0 amide bonds. The Morgan fingerprint density at radius 1 is 1.00 bits per heavy atom. The maximum atomic E-state index is 3.69. The molecule has 1 aliphatic carbocycles. The van der Waals surface area contributed by atoms with Crippen molar-refractivity contribution in [1.29, 1.82) is 0 Å². The summed E-state index contributed by atoms with van der Waals surface area (Å²) in [5.74, 6) is 1.78. The lowest BCUT2D eigenvalue weighted by Crippen LogP contribution is -2.52. The Morgan fingerprint density at radius 3 is 2.11 bits per heavy atom. The molecule has 1 saturated carbocycles. The van der Waals surface area contributed by atoms with Gasteiger partial charge in [0.15, 0.2) is 0 Å². The number of hydrogen-bond acceptors (Lipinski definition) is 2. The third-order valence-corrected chi connectivity index (χ3v) is 5.19. The molecule has 0 spiro atoms. The van der Waals surface area contributed by atoms with E-state index in [1.807, 2.05) is 0 Å². The maximum Gasteiger partial charge on any atom is 0.0136 e. The molecular formula is C17H34N2.